The third-order valence-electron chi connectivity index (χ3n) is 3.41. The Hall–Kier alpha value is -2.17. The number of alkyl halides is 6. The van der Waals surface area contributed by atoms with E-state index in [1.54, 1.807) is 13.8 Å². The summed E-state index contributed by atoms with van der Waals surface area (Å²) >= 11 is 0. The van der Waals surface area contributed by atoms with E-state index in [2.05, 4.69) is 5.92 Å². The van der Waals surface area contributed by atoms with Gasteiger partial charge in [-0.3, -0.25) is 4.79 Å². The Kier molecular flexibility index (Phi) is 5.28. The third kappa shape index (κ3) is 4.66. The Labute approximate surface area is 134 Å². The average Bonchev–Trinajstić information content (AvgIpc) is 2.42. The van der Waals surface area contributed by atoms with Gasteiger partial charge in [-0.15, -0.1) is 12.3 Å². The lowest BCUT2D eigenvalue weighted by Crippen LogP contribution is -2.15. The van der Waals surface area contributed by atoms with Crippen molar-refractivity contribution < 1.29 is 36.2 Å². The van der Waals surface area contributed by atoms with Crippen LogP contribution in [-0.4, -0.2) is 10.9 Å². The first-order valence-corrected chi connectivity index (χ1v) is 6.71. The molecule has 0 amide bonds. The number of hydrogen-bond acceptors (Lipinski definition) is 2. The van der Waals surface area contributed by atoms with Crippen molar-refractivity contribution in [2.45, 2.75) is 39.0 Å². The Morgan fingerprint density at radius 2 is 1.50 bits per heavy atom. The smallest absolute Gasteiger partial charge is 0.419 e. The molecule has 0 radical (unpaired) electrons. The van der Waals surface area contributed by atoms with Gasteiger partial charge in [-0.05, 0) is 32.4 Å². The van der Waals surface area contributed by atoms with Gasteiger partial charge in [-0.1, -0.05) is 0 Å². The molecule has 0 aromatic heterocycles. The van der Waals surface area contributed by atoms with E-state index in [9.17, 15) is 36.2 Å². The van der Waals surface area contributed by atoms with Crippen molar-refractivity contribution in [2.75, 3.05) is 0 Å². The van der Waals surface area contributed by atoms with Crippen LogP contribution < -0.4 is 0 Å². The average molecular weight is 352 g/mol. The molecule has 0 aliphatic rings. The highest BCUT2D eigenvalue weighted by Gasteiger charge is 2.42. The molecular formula is C16H14F6O2. The summed E-state index contributed by atoms with van der Waals surface area (Å²) in [6.07, 6.45) is -5.49. The molecule has 24 heavy (non-hydrogen) atoms. The van der Waals surface area contributed by atoms with Gasteiger partial charge < -0.3 is 5.11 Å². The first-order valence-electron chi connectivity index (χ1n) is 6.71. The summed E-state index contributed by atoms with van der Waals surface area (Å²) in [6.45, 7) is 3.22. The molecule has 1 aromatic carbocycles. The van der Waals surface area contributed by atoms with Crippen molar-refractivity contribution in [3.05, 3.63) is 28.8 Å². The highest BCUT2D eigenvalue weighted by atomic mass is 19.4. The number of aromatic hydroxyl groups is 1. The van der Waals surface area contributed by atoms with Crippen molar-refractivity contribution >= 4 is 5.78 Å². The quantitative estimate of drug-likeness (QED) is 0.468. The van der Waals surface area contributed by atoms with Crippen LogP contribution in [0.25, 0.3) is 0 Å². The normalized spacial score (nSPS) is 12.8. The van der Waals surface area contributed by atoms with Gasteiger partial charge in [0.15, 0.2) is 5.78 Å². The number of terminal acetylenes is 1. The maximum atomic E-state index is 12.8. The lowest BCUT2D eigenvalue weighted by Gasteiger charge is -2.18. The summed E-state index contributed by atoms with van der Waals surface area (Å²) in [5.41, 5.74) is -5.32. The van der Waals surface area contributed by atoms with Crippen molar-refractivity contribution in [3.63, 3.8) is 0 Å². The van der Waals surface area contributed by atoms with E-state index in [4.69, 9.17) is 6.42 Å². The predicted molar refractivity (Wildman–Crippen MR) is 74.3 cm³/mol. The molecule has 2 nitrogen and oxygen atoms in total. The van der Waals surface area contributed by atoms with Crippen LogP contribution in [0, 0.1) is 17.8 Å². The molecule has 0 bridgehead atoms. The van der Waals surface area contributed by atoms with E-state index in [1.165, 1.54) is 0 Å². The topological polar surface area (TPSA) is 37.3 Å². The van der Waals surface area contributed by atoms with Crippen molar-refractivity contribution in [2.24, 2.45) is 5.41 Å². The SMILES string of the molecule is C#CC(C)(C)CCC(=O)c1cc(C(F)(F)F)c(O)c(C(F)(F)F)c1. The number of halogens is 6. The van der Waals surface area contributed by atoms with E-state index in [-0.39, 0.29) is 25.0 Å². The molecule has 0 unspecified atom stereocenters. The summed E-state index contributed by atoms with van der Waals surface area (Å²) < 4.78 is 76.9. The standard InChI is InChI=1S/C16H14F6O2/c1-4-14(2,3)6-5-12(23)9-7-10(15(17,18)19)13(24)11(8-9)16(20,21)22/h1,7-8,24H,5-6H2,2-3H3. The van der Waals surface area contributed by atoms with E-state index in [1.807, 2.05) is 0 Å². The van der Waals surface area contributed by atoms with Crippen molar-refractivity contribution in [1.29, 1.82) is 0 Å². The van der Waals surface area contributed by atoms with Gasteiger partial charge >= 0.3 is 12.4 Å². The van der Waals surface area contributed by atoms with Gasteiger partial charge in [0.05, 0.1) is 11.1 Å². The van der Waals surface area contributed by atoms with Gasteiger partial charge in [0.1, 0.15) is 5.75 Å². The van der Waals surface area contributed by atoms with Gasteiger partial charge in [0, 0.05) is 17.4 Å². The summed E-state index contributed by atoms with van der Waals surface area (Å²) in [5, 5.41) is 9.29. The second kappa shape index (κ2) is 6.38. The maximum Gasteiger partial charge on any atom is 0.419 e. The maximum absolute atomic E-state index is 12.8. The fraction of sp³-hybridized carbons (Fsp3) is 0.438. The molecule has 0 saturated carbocycles. The monoisotopic (exact) mass is 352 g/mol. The fourth-order valence-electron chi connectivity index (χ4n) is 1.87. The number of Topliss-reactive ketones (excluding diaryl/α,β-unsaturated/α-hetero) is 1. The Bertz CT molecular complexity index is 642. The predicted octanol–water partition coefficient (Wildman–Crippen LogP) is 5.05. The fourth-order valence-corrected chi connectivity index (χ4v) is 1.87. The number of hydrogen-bond donors (Lipinski definition) is 1. The van der Waals surface area contributed by atoms with Gasteiger partial charge in [-0.2, -0.15) is 26.3 Å². The van der Waals surface area contributed by atoms with Crippen LogP contribution in [0.3, 0.4) is 0 Å². The number of ketones is 1. The first kappa shape index (κ1) is 19.9. The number of rotatable bonds is 4. The zero-order valence-electron chi connectivity index (χ0n) is 12.8. The second-order valence-corrected chi connectivity index (χ2v) is 5.87. The third-order valence-corrected chi connectivity index (χ3v) is 3.41. The van der Waals surface area contributed by atoms with Crippen LogP contribution >= 0.6 is 0 Å². The molecule has 1 N–H and O–H groups in total. The summed E-state index contributed by atoms with van der Waals surface area (Å²) in [5.74, 6) is -0.494. The van der Waals surface area contributed by atoms with Crippen LogP contribution in [-0.2, 0) is 12.4 Å². The van der Waals surface area contributed by atoms with Crippen LogP contribution in [0.5, 0.6) is 5.75 Å². The first-order chi connectivity index (χ1) is 10.7. The largest absolute Gasteiger partial charge is 0.507 e. The van der Waals surface area contributed by atoms with E-state index in [0.717, 1.165) is 0 Å². The zero-order valence-corrected chi connectivity index (χ0v) is 12.8. The number of carbonyl (C=O) groups excluding carboxylic acids is 1. The molecule has 0 atom stereocenters. The van der Waals surface area contributed by atoms with Gasteiger partial charge in [0.2, 0.25) is 0 Å². The van der Waals surface area contributed by atoms with Crippen molar-refractivity contribution in [3.8, 4) is 18.1 Å². The van der Waals surface area contributed by atoms with Gasteiger partial charge in [-0.25, -0.2) is 0 Å². The Morgan fingerprint density at radius 3 is 1.83 bits per heavy atom. The molecule has 8 heteroatoms. The van der Waals surface area contributed by atoms with E-state index in [0.29, 0.717) is 0 Å². The van der Waals surface area contributed by atoms with Crippen LogP contribution in [0.2, 0.25) is 0 Å². The summed E-state index contributed by atoms with van der Waals surface area (Å²) in [6, 6.07) is 0.436. The molecule has 0 aliphatic heterocycles. The minimum absolute atomic E-state index is 0.0892. The lowest BCUT2D eigenvalue weighted by molar-refractivity contribution is -0.145. The Balaban J connectivity index is 3.35. The van der Waals surface area contributed by atoms with Crippen molar-refractivity contribution in [1.82, 2.24) is 0 Å². The molecule has 0 saturated heterocycles. The summed E-state index contributed by atoms with van der Waals surface area (Å²) in [7, 11) is 0. The minimum Gasteiger partial charge on any atom is -0.507 e. The number of benzene rings is 1. The van der Waals surface area contributed by atoms with E-state index < -0.39 is 46.0 Å². The molecule has 0 spiro atoms. The second-order valence-electron chi connectivity index (χ2n) is 5.87. The summed E-state index contributed by atoms with van der Waals surface area (Å²) in [4.78, 5) is 12.0. The number of phenolic OH excluding ortho intramolecular Hbond substituents is 1. The van der Waals surface area contributed by atoms with E-state index >= 15 is 0 Å². The molecular weight excluding hydrogens is 338 g/mol. The lowest BCUT2D eigenvalue weighted by atomic mass is 9.87. The van der Waals surface area contributed by atoms with Crippen LogP contribution in [0.1, 0.15) is 48.2 Å². The number of carbonyl (C=O) groups is 1. The van der Waals surface area contributed by atoms with Crippen LogP contribution in [0.15, 0.2) is 12.1 Å². The zero-order chi connectivity index (χ0) is 18.9. The minimum atomic E-state index is -5.24. The Morgan fingerprint density at radius 1 is 1.08 bits per heavy atom. The highest BCUT2D eigenvalue weighted by molar-refractivity contribution is 5.96. The van der Waals surface area contributed by atoms with Crippen LogP contribution in [0.4, 0.5) is 26.3 Å². The highest BCUT2D eigenvalue weighted by Crippen LogP contribution is 2.44. The van der Waals surface area contributed by atoms with Gasteiger partial charge in [0.25, 0.3) is 0 Å². The molecule has 0 aliphatic carbocycles. The molecule has 0 fully saturated rings. The molecule has 132 valence electrons. The number of phenols is 1. The molecule has 0 heterocycles. The molecule has 1 rings (SSSR count). The molecule has 1 aromatic rings.